The van der Waals surface area contributed by atoms with Gasteiger partial charge in [0, 0.05) is 11.3 Å². The van der Waals surface area contributed by atoms with Gasteiger partial charge in [0.05, 0.1) is 4.88 Å². The second kappa shape index (κ2) is 4.00. The van der Waals surface area contributed by atoms with Gasteiger partial charge in [-0.05, 0) is 23.4 Å². The van der Waals surface area contributed by atoms with E-state index in [1.165, 1.54) is 11.3 Å². The van der Waals surface area contributed by atoms with Gasteiger partial charge >= 0.3 is 0 Å². The molecule has 0 saturated heterocycles. The average Bonchev–Trinajstić information content (AvgIpc) is 2.58. The first kappa shape index (κ1) is 10.1. The lowest BCUT2D eigenvalue weighted by Crippen LogP contribution is -2.11. The number of fused-ring (bicyclic) bond motifs is 1. The summed E-state index contributed by atoms with van der Waals surface area (Å²) in [4.78, 5) is 11.8. The molecule has 2 rings (SSSR count). The monoisotopic (exact) mass is 221 g/mol. The first-order valence-electron chi connectivity index (χ1n) is 4.65. The quantitative estimate of drug-likeness (QED) is 0.825. The van der Waals surface area contributed by atoms with Crippen LogP contribution in [-0.2, 0) is 6.42 Å². The Morgan fingerprint density at radius 1 is 1.40 bits per heavy atom. The molecule has 4 heteroatoms. The zero-order chi connectivity index (χ0) is 10.8. The largest absolute Gasteiger partial charge is 0.396 e. The Morgan fingerprint density at radius 2 is 2.13 bits per heavy atom. The van der Waals surface area contributed by atoms with E-state index in [1.807, 2.05) is 24.3 Å². The number of amides is 1. The standard InChI is InChI=1S/C11H11NO2S/c12-11(14)10-8(5-6-13)7-3-1-2-4-9(7)15-10/h1-4,13H,5-6H2,(H2,12,14). The van der Waals surface area contributed by atoms with Crippen LogP contribution >= 0.6 is 11.3 Å². The Bertz CT molecular complexity index is 504. The van der Waals surface area contributed by atoms with Crippen LogP contribution in [0.3, 0.4) is 0 Å². The van der Waals surface area contributed by atoms with Gasteiger partial charge in [-0.15, -0.1) is 11.3 Å². The summed E-state index contributed by atoms with van der Waals surface area (Å²) in [5.74, 6) is -0.417. The predicted molar refractivity (Wildman–Crippen MR) is 61.1 cm³/mol. The van der Waals surface area contributed by atoms with Gasteiger partial charge < -0.3 is 10.8 Å². The Kier molecular flexibility index (Phi) is 2.70. The summed E-state index contributed by atoms with van der Waals surface area (Å²) in [7, 11) is 0. The number of aliphatic hydroxyl groups is 1. The highest BCUT2D eigenvalue weighted by Gasteiger charge is 2.14. The van der Waals surface area contributed by atoms with Crippen molar-refractivity contribution in [3.63, 3.8) is 0 Å². The SMILES string of the molecule is NC(=O)c1sc2ccccc2c1CCO. The van der Waals surface area contributed by atoms with Crippen molar-refractivity contribution in [1.82, 2.24) is 0 Å². The van der Waals surface area contributed by atoms with E-state index < -0.39 is 5.91 Å². The molecule has 0 unspecified atom stereocenters. The van der Waals surface area contributed by atoms with Crippen molar-refractivity contribution >= 4 is 27.3 Å². The number of rotatable bonds is 3. The maximum absolute atomic E-state index is 11.2. The molecule has 3 N–H and O–H groups in total. The van der Waals surface area contributed by atoms with Gasteiger partial charge in [-0.25, -0.2) is 0 Å². The Labute approximate surface area is 91.1 Å². The molecule has 3 nitrogen and oxygen atoms in total. The predicted octanol–water partition coefficient (Wildman–Crippen LogP) is 1.53. The fraction of sp³-hybridized carbons (Fsp3) is 0.182. The third-order valence-corrected chi connectivity index (χ3v) is 3.51. The van der Waals surface area contributed by atoms with E-state index in [0.29, 0.717) is 11.3 Å². The highest BCUT2D eigenvalue weighted by molar-refractivity contribution is 7.21. The van der Waals surface area contributed by atoms with Gasteiger partial charge in [-0.3, -0.25) is 4.79 Å². The lowest BCUT2D eigenvalue weighted by Gasteiger charge is -1.98. The van der Waals surface area contributed by atoms with Crippen molar-refractivity contribution in [2.75, 3.05) is 6.61 Å². The maximum atomic E-state index is 11.2. The summed E-state index contributed by atoms with van der Waals surface area (Å²) in [6.45, 7) is 0.0288. The topological polar surface area (TPSA) is 63.3 Å². The number of carbonyl (C=O) groups is 1. The fourth-order valence-electron chi connectivity index (χ4n) is 1.66. The summed E-state index contributed by atoms with van der Waals surface area (Å²) in [5.41, 5.74) is 6.16. The van der Waals surface area contributed by atoms with Gasteiger partial charge in [0.1, 0.15) is 0 Å². The van der Waals surface area contributed by atoms with E-state index in [0.717, 1.165) is 15.6 Å². The molecule has 15 heavy (non-hydrogen) atoms. The van der Waals surface area contributed by atoms with E-state index in [1.54, 1.807) is 0 Å². The van der Waals surface area contributed by atoms with Crippen LogP contribution < -0.4 is 5.73 Å². The van der Waals surface area contributed by atoms with E-state index in [-0.39, 0.29) is 6.61 Å². The minimum absolute atomic E-state index is 0.0288. The zero-order valence-electron chi connectivity index (χ0n) is 8.06. The van der Waals surface area contributed by atoms with Crippen LogP contribution in [-0.4, -0.2) is 17.6 Å². The number of thiophene rings is 1. The molecule has 0 aliphatic rings. The summed E-state index contributed by atoms with van der Waals surface area (Å²) >= 11 is 1.39. The minimum atomic E-state index is -0.417. The number of benzene rings is 1. The molecule has 0 saturated carbocycles. The number of primary amides is 1. The van der Waals surface area contributed by atoms with Crippen LogP contribution in [0.25, 0.3) is 10.1 Å². The minimum Gasteiger partial charge on any atom is -0.396 e. The van der Waals surface area contributed by atoms with Crippen LogP contribution in [0.4, 0.5) is 0 Å². The van der Waals surface area contributed by atoms with E-state index in [9.17, 15) is 4.79 Å². The number of hydrogen-bond acceptors (Lipinski definition) is 3. The second-order valence-electron chi connectivity index (χ2n) is 3.24. The van der Waals surface area contributed by atoms with Crippen molar-refractivity contribution in [1.29, 1.82) is 0 Å². The fourth-order valence-corrected chi connectivity index (χ4v) is 2.76. The Morgan fingerprint density at radius 3 is 2.80 bits per heavy atom. The lowest BCUT2D eigenvalue weighted by atomic mass is 10.1. The van der Waals surface area contributed by atoms with Crippen molar-refractivity contribution < 1.29 is 9.90 Å². The second-order valence-corrected chi connectivity index (χ2v) is 4.30. The van der Waals surface area contributed by atoms with Gasteiger partial charge in [0.2, 0.25) is 0 Å². The third-order valence-electron chi connectivity index (χ3n) is 2.28. The smallest absolute Gasteiger partial charge is 0.259 e. The molecule has 0 bridgehead atoms. The lowest BCUT2D eigenvalue weighted by molar-refractivity contribution is 0.100. The average molecular weight is 221 g/mol. The molecule has 0 atom stereocenters. The van der Waals surface area contributed by atoms with E-state index in [2.05, 4.69) is 0 Å². The highest BCUT2D eigenvalue weighted by atomic mass is 32.1. The maximum Gasteiger partial charge on any atom is 0.259 e. The van der Waals surface area contributed by atoms with Gasteiger partial charge in [-0.2, -0.15) is 0 Å². The van der Waals surface area contributed by atoms with Crippen LogP contribution in [0.1, 0.15) is 15.2 Å². The molecule has 0 spiro atoms. The molecular formula is C11H11NO2S. The van der Waals surface area contributed by atoms with Crippen LogP contribution in [0.15, 0.2) is 24.3 Å². The normalized spacial score (nSPS) is 10.7. The molecule has 0 aliphatic heterocycles. The molecule has 0 aliphatic carbocycles. The molecule has 78 valence electrons. The van der Waals surface area contributed by atoms with E-state index >= 15 is 0 Å². The summed E-state index contributed by atoms with van der Waals surface area (Å²) in [5, 5.41) is 9.98. The van der Waals surface area contributed by atoms with Gasteiger partial charge in [0.25, 0.3) is 5.91 Å². The highest BCUT2D eigenvalue weighted by Crippen LogP contribution is 2.31. The van der Waals surface area contributed by atoms with Crippen molar-refractivity contribution in [3.05, 3.63) is 34.7 Å². The Balaban J connectivity index is 2.68. The molecule has 1 aromatic heterocycles. The number of carbonyl (C=O) groups excluding carboxylic acids is 1. The molecule has 1 heterocycles. The van der Waals surface area contributed by atoms with E-state index in [4.69, 9.17) is 10.8 Å². The molecule has 0 fully saturated rings. The number of nitrogens with two attached hydrogens (primary N) is 1. The summed E-state index contributed by atoms with van der Waals surface area (Å²) in [6, 6.07) is 7.74. The molecule has 0 radical (unpaired) electrons. The van der Waals surface area contributed by atoms with Crippen LogP contribution in [0, 0.1) is 0 Å². The zero-order valence-corrected chi connectivity index (χ0v) is 8.88. The number of hydrogen-bond donors (Lipinski definition) is 2. The molecule has 1 amide bonds. The molecule has 1 aromatic carbocycles. The van der Waals surface area contributed by atoms with Crippen molar-refractivity contribution in [2.45, 2.75) is 6.42 Å². The first-order chi connectivity index (χ1) is 7.24. The van der Waals surface area contributed by atoms with Crippen LogP contribution in [0.5, 0.6) is 0 Å². The van der Waals surface area contributed by atoms with Crippen molar-refractivity contribution in [3.8, 4) is 0 Å². The first-order valence-corrected chi connectivity index (χ1v) is 5.46. The van der Waals surface area contributed by atoms with Gasteiger partial charge in [0.15, 0.2) is 0 Å². The van der Waals surface area contributed by atoms with Crippen LogP contribution in [0.2, 0.25) is 0 Å². The number of aliphatic hydroxyl groups excluding tert-OH is 1. The molecule has 2 aromatic rings. The summed E-state index contributed by atoms with van der Waals surface area (Å²) in [6.07, 6.45) is 0.474. The van der Waals surface area contributed by atoms with Gasteiger partial charge in [-0.1, -0.05) is 18.2 Å². The Hall–Kier alpha value is -1.39. The summed E-state index contributed by atoms with van der Waals surface area (Å²) < 4.78 is 1.04. The molecular weight excluding hydrogens is 210 g/mol. The third kappa shape index (κ3) is 1.73. The van der Waals surface area contributed by atoms with Crippen molar-refractivity contribution in [2.24, 2.45) is 5.73 Å².